The van der Waals surface area contributed by atoms with Gasteiger partial charge in [0.25, 0.3) is 0 Å². The van der Waals surface area contributed by atoms with E-state index >= 15 is 0 Å². The van der Waals surface area contributed by atoms with Crippen LogP contribution in [0.15, 0.2) is 60.7 Å². The Labute approximate surface area is 169 Å². The number of hydrogen-bond donors (Lipinski definition) is 1. The molecule has 0 saturated heterocycles. The second-order valence-corrected chi connectivity index (χ2v) is 6.65. The topological polar surface area (TPSA) is 56.1 Å². The average molecular weight is 396 g/mol. The van der Waals surface area contributed by atoms with Crippen molar-refractivity contribution >= 4 is 23.6 Å². The smallest absolute Gasteiger partial charge is 0.244 e. The Bertz CT molecular complexity index is 981. The third kappa shape index (κ3) is 4.81. The third-order valence-electron chi connectivity index (χ3n) is 4.33. The average Bonchev–Trinajstić information content (AvgIpc) is 2.98. The summed E-state index contributed by atoms with van der Waals surface area (Å²) in [6.45, 7) is 2.83. The summed E-state index contributed by atoms with van der Waals surface area (Å²) in [6, 6.07) is 17.5. The van der Waals surface area contributed by atoms with Gasteiger partial charge < -0.3 is 10.1 Å². The molecule has 3 aromatic rings. The second-order valence-electron chi connectivity index (χ2n) is 6.30. The van der Waals surface area contributed by atoms with Gasteiger partial charge in [-0.1, -0.05) is 60.1 Å². The molecule has 0 spiro atoms. The molecule has 1 aromatic heterocycles. The van der Waals surface area contributed by atoms with E-state index in [4.69, 9.17) is 16.3 Å². The number of halogens is 1. The maximum atomic E-state index is 12.2. The summed E-state index contributed by atoms with van der Waals surface area (Å²) in [7, 11) is 1.61. The Morgan fingerprint density at radius 3 is 2.64 bits per heavy atom. The van der Waals surface area contributed by atoms with Crippen molar-refractivity contribution in [2.24, 2.45) is 0 Å². The van der Waals surface area contributed by atoms with Gasteiger partial charge in [-0.2, -0.15) is 5.10 Å². The Kier molecular flexibility index (Phi) is 6.50. The molecule has 1 heterocycles. The lowest BCUT2D eigenvalue weighted by atomic mass is 10.2. The monoisotopic (exact) mass is 395 g/mol. The van der Waals surface area contributed by atoms with Crippen LogP contribution in [0, 0.1) is 6.92 Å². The number of carbonyl (C=O) groups is 1. The van der Waals surface area contributed by atoms with Gasteiger partial charge in [0.2, 0.25) is 5.91 Å². The van der Waals surface area contributed by atoms with Crippen LogP contribution in [0.4, 0.5) is 0 Å². The number of amides is 1. The van der Waals surface area contributed by atoms with Crippen molar-refractivity contribution in [1.82, 2.24) is 15.1 Å². The predicted octanol–water partition coefficient (Wildman–Crippen LogP) is 4.23. The minimum Gasteiger partial charge on any atom is -0.496 e. The first-order valence-electron chi connectivity index (χ1n) is 8.93. The van der Waals surface area contributed by atoms with Crippen LogP contribution in [0.3, 0.4) is 0 Å². The number of nitrogens with one attached hydrogen (secondary N) is 1. The molecule has 144 valence electrons. The number of benzene rings is 2. The predicted molar refractivity (Wildman–Crippen MR) is 111 cm³/mol. The fraction of sp³-hybridized carbons (Fsp3) is 0.182. The van der Waals surface area contributed by atoms with E-state index in [9.17, 15) is 4.79 Å². The van der Waals surface area contributed by atoms with Gasteiger partial charge in [-0.05, 0) is 24.6 Å². The van der Waals surface area contributed by atoms with Crippen LogP contribution in [0.2, 0.25) is 5.15 Å². The molecule has 0 saturated carbocycles. The Hall–Kier alpha value is -3.05. The number of aryl methyl sites for hydroxylation is 1. The molecule has 0 aliphatic carbocycles. The molecule has 28 heavy (non-hydrogen) atoms. The quantitative estimate of drug-likeness (QED) is 0.609. The third-order valence-corrected chi connectivity index (χ3v) is 4.73. The molecule has 5 nitrogen and oxygen atoms in total. The van der Waals surface area contributed by atoms with Crippen molar-refractivity contribution in [2.45, 2.75) is 20.0 Å². The molecular weight excluding hydrogens is 374 g/mol. The number of nitrogens with zero attached hydrogens (tertiary/aromatic N) is 2. The lowest BCUT2D eigenvalue weighted by molar-refractivity contribution is -0.116. The van der Waals surface area contributed by atoms with Gasteiger partial charge in [-0.25, -0.2) is 4.68 Å². The Balaban J connectivity index is 1.66. The molecule has 1 N–H and O–H groups in total. The SMILES string of the molecule is COc1ccccc1CNC(=O)/C=C/c1c(C)nn(Cc2ccccc2)c1Cl. The van der Waals surface area contributed by atoms with Crippen molar-refractivity contribution in [3.05, 3.63) is 88.2 Å². The van der Waals surface area contributed by atoms with E-state index in [0.717, 1.165) is 28.1 Å². The highest BCUT2D eigenvalue weighted by Gasteiger charge is 2.12. The zero-order valence-electron chi connectivity index (χ0n) is 15.9. The van der Waals surface area contributed by atoms with E-state index < -0.39 is 0 Å². The van der Waals surface area contributed by atoms with Gasteiger partial charge in [-0.15, -0.1) is 0 Å². The number of hydrogen-bond acceptors (Lipinski definition) is 3. The van der Waals surface area contributed by atoms with Crippen LogP contribution < -0.4 is 10.1 Å². The second kappa shape index (κ2) is 9.24. The molecule has 0 atom stereocenters. The normalized spacial score (nSPS) is 11.0. The van der Waals surface area contributed by atoms with Crippen molar-refractivity contribution in [3.63, 3.8) is 0 Å². The molecular formula is C22H22ClN3O2. The zero-order chi connectivity index (χ0) is 19.9. The van der Waals surface area contributed by atoms with Crippen LogP contribution in [0.1, 0.15) is 22.4 Å². The molecule has 0 radical (unpaired) electrons. The van der Waals surface area contributed by atoms with E-state index in [1.165, 1.54) is 6.08 Å². The molecule has 0 aliphatic rings. The summed E-state index contributed by atoms with van der Waals surface area (Å²) in [5.41, 5.74) is 3.54. The highest BCUT2D eigenvalue weighted by Crippen LogP contribution is 2.22. The molecule has 1 amide bonds. The first-order chi connectivity index (χ1) is 13.6. The van der Waals surface area contributed by atoms with Crippen molar-refractivity contribution in [2.75, 3.05) is 7.11 Å². The molecule has 6 heteroatoms. The van der Waals surface area contributed by atoms with Gasteiger partial charge in [0.1, 0.15) is 10.9 Å². The maximum Gasteiger partial charge on any atom is 0.244 e. The maximum absolute atomic E-state index is 12.2. The number of rotatable bonds is 7. The molecule has 0 bridgehead atoms. The number of methoxy groups -OCH3 is 1. The van der Waals surface area contributed by atoms with E-state index in [1.54, 1.807) is 17.9 Å². The van der Waals surface area contributed by atoms with Crippen LogP contribution in [-0.4, -0.2) is 22.8 Å². The summed E-state index contributed by atoms with van der Waals surface area (Å²) in [4.78, 5) is 12.2. The minimum absolute atomic E-state index is 0.211. The van der Waals surface area contributed by atoms with Crippen LogP contribution in [0.25, 0.3) is 6.08 Å². The van der Waals surface area contributed by atoms with Crippen molar-refractivity contribution < 1.29 is 9.53 Å². The van der Waals surface area contributed by atoms with E-state index in [-0.39, 0.29) is 5.91 Å². The lowest BCUT2D eigenvalue weighted by Crippen LogP contribution is -2.20. The summed E-state index contributed by atoms with van der Waals surface area (Å²) in [5.74, 6) is 0.532. The molecule has 2 aromatic carbocycles. The first-order valence-corrected chi connectivity index (χ1v) is 9.31. The molecule has 3 rings (SSSR count). The first kappa shape index (κ1) is 19.7. The lowest BCUT2D eigenvalue weighted by Gasteiger charge is -2.08. The van der Waals surface area contributed by atoms with E-state index in [1.807, 2.05) is 61.5 Å². The molecule has 0 unspecified atom stereocenters. The van der Waals surface area contributed by atoms with Gasteiger partial charge >= 0.3 is 0 Å². The number of ether oxygens (including phenoxy) is 1. The molecule has 0 fully saturated rings. The van der Waals surface area contributed by atoms with Gasteiger partial charge in [0.05, 0.1) is 19.3 Å². The largest absolute Gasteiger partial charge is 0.496 e. The van der Waals surface area contributed by atoms with E-state index in [2.05, 4.69) is 10.4 Å². The number of carbonyl (C=O) groups excluding carboxylic acids is 1. The van der Waals surface area contributed by atoms with Gasteiger partial charge in [0.15, 0.2) is 0 Å². The summed E-state index contributed by atoms with van der Waals surface area (Å²) < 4.78 is 7.03. The van der Waals surface area contributed by atoms with E-state index in [0.29, 0.717) is 18.2 Å². The summed E-state index contributed by atoms with van der Waals surface area (Å²) in [5, 5.41) is 7.85. The summed E-state index contributed by atoms with van der Waals surface area (Å²) >= 11 is 6.48. The zero-order valence-corrected chi connectivity index (χ0v) is 16.6. The Morgan fingerprint density at radius 1 is 1.18 bits per heavy atom. The number of para-hydroxylation sites is 1. The summed E-state index contributed by atoms with van der Waals surface area (Å²) in [6.07, 6.45) is 3.17. The van der Waals surface area contributed by atoms with Crippen LogP contribution in [-0.2, 0) is 17.9 Å². The standard InChI is InChI=1S/C22H22ClN3O2/c1-16-19(22(23)26(25-16)15-17-8-4-3-5-9-17)12-13-21(27)24-14-18-10-6-7-11-20(18)28-2/h3-13H,14-15H2,1-2H3,(H,24,27)/b13-12+. The van der Waals surface area contributed by atoms with Gasteiger partial charge in [0, 0.05) is 23.7 Å². The highest BCUT2D eigenvalue weighted by atomic mass is 35.5. The fourth-order valence-electron chi connectivity index (χ4n) is 2.87. The van der Waals surface area contributed by atoms with Crippen molar-refractivity contribution in [1.29, 1.82) is 0 Å². The fourth-order valence-corrected chi connectivity index (χ4v) is 3.16. The molecule has 0 aliphatic heterocycles. The highest BCUT2D eigenvalue weighted by molar-refractivity contribution is 6.31. The number of aromatic nitrogens is 2. The Morgan fingerprint density at radius 2 is 1.89 bits per heavy atom. The van der Waals surface area contributed by atoms with Gasteiger partial charge in [-0.3, -0.25) is 4.79 Å². The van der Waals surface area contributed by atoms with Crippen LogP contribution >= 0.6 is 11.6 Å². The minimum atomic E-state index is -0.211. The van der Waals surface area contributed by atoms with Crippen molar-refractivity contribution in [3.8, 4) is 5.75 Å². The van der Waals surface area contributed by atoms with Crippen LogP contribution in [0.5, 0.6) is 5.75 Å².